The van der Waals surface area contributed by atoms with E-state index in [-0.39, 0.29) is 12.6 Å². The van der Waals surface area contributed by atoms with Gasteiger partial charge in [-0.1, -0.05) is 29.8 Å². The zero-order valence-corrected chi connectivity index (χ0v) is 11.7. The van der Waals surface area contributed by atoms with Gasteiger partial charge in [-0.25, -0.2) is 0 Å². The van der Waals surface area contributed by atoms with E-state index in [1.165, 1.54) is 7.11 Å². The summed E-state index contributed by atoms with van der Waals surface area (Å²) in [7, 11) is 1.53. The number of halogens is 1. The van der Waals surface area contributed by atoms with Crippen LogP contribution >= 0.6 is 11.6 Å². The van der Waals surface area contributed by atoms with Gasteiger partial charge in [0.2, 0.25) is 0 Å². The molecule has 19 heavy (non-hydrogen) atoms. The van der Waals surface area contributed by atoms with E-state index in [0.29, 0.717) is 11.6 Å². The SMILES string of the molecule is COC[C@@H](C)NC(=O)C(=O)NCc1ccccc1Cl. The number of rotatable bonds is 5. The lowest BCUT2D eigenvalue weighted by molar-refractivity contribution is -0.139. The van der Waals surface area contributed by atoms with Crippen molar-refractivity contribution in [3.63, 3.8) is 0 Å². The number of hydrogen-bond donors (Lipinski definition) is 2. The largest absolute Gasteiger partial charge is 0.383 e. The lowest BCUT2D eigenvalue weighted by atomic mass is 10.2. The van der Waals surface area contributed by atoms with E-state index in [1.54, 1.807) is 25.1 Å². The predicted molar refractivity (Wildman–Crippen MR) is 72.8 cm³/mol. The van der Waals surface area contributed by atoms with Crippen molar-refractivity contribution in [3.05, 3.63) is 34.9 Å². The number of methoxy groups -OCH3 is 1. The highest BCUT2D eigenvalue weighted by Gasteiger charge is 2.15. The Morgan fingerprint density at radius 2 is 2.00 bits per heavy atom. The normalized spacial score (nSPS) is 11.7. The van der Waals surface area contributed by atoms with Crippen molar-refractivity contribution < 1.29 is 14.3 Å². The first kappa shape index (κ1) is 15.5. The van der Waals surface area contributed by atoms with Gasteiger partial charge in [-0.3, -0.25) is 9.59 Å². The standard InChI is InChI=1S/C13H17ClN2O3/c1-9(8-19-2)16-13(18)12(17)15-7-10-5-3-4-6-11(10)14/h3-6,9H,7-8H2,1-2H3,(H,15,17)(H,16,18)/t9-/m1/s1. The molecule has 0 radical (unpaired) electrons. The van der Waals surface area contributed by atoms with Crippen LogP contribution in [0.5, 0.6) is 0 Å². The molecule has 0 aliphatic rings. The molecule has 1 aromatic carbocycles. The third kappa shape index (κ3) is 5.28. The maximum absolute atomic E-state index is 11.6. The van der Waals surface area contributed by atoms with Gasteiger partial charge in [-0.15, -0.1) is 0 Å². The average Bonchev–Trinajstić information content (AvgIpc) is 2.37. The second kappa shape index (κ2) is 7.76. The van der Waals surface area contributed by atoms with Gasteiger partial charge in [0.15, 0.2) is 0 Å². The molecule has 1 aromatic rings. The van der Waals surface area contributed by atoms with Gasteiger partial charge in [0.1, 0.15) is 0 Å². The molecule has 2 amide bonds. The summed E-state index contributed by atoms with van der Waals surface area (Å²) in [5.74, 6) is -1.38. The van der Waals surface area contributed by atoms with Crippen LogP contribution in [0.25, 0.3) is 0 Å². The Labute approximate surface area is 117 Å². The molecule has 6 heteroatoms. The molecule has 0 unspecified atom stereocenters. The third-order valence-corrected chi connectivity index (χ3v) is 2.77. The lowest BCUT2D eigenvalue weighted by Crippen LogP contribution is -2.44. The summed E-state index contributed by atoms with van der Waals surface area (Å²) in [5, 5.41) is 5.59. The summed E-state index contributed by atoms with van der Waals surface area (Å²) in [5.41, 5.74) is 0.759. The number of amides is 2. The molecule has 0 saturated carbocycles. The highest BCUT2D eigenvalue weighted by atomic mass is 35.5. The van der Waals surface area contributed by atoms with Crippen LogP contribution in [-0.2, 0) is 20.9 Å². The lowest BCUT2D eigenvalue weighted by Gasteiger charge is -2.12. The third-order valence-electron chi connectivity index (χ3n) is 2.40. The van der Waals surface area contributed by atoms with Crippen molar-refractivity contribution in [2.24, 2.45) is 0 Å². The van der Waals surface area contributed by atoms with Gasteiger partial charge >= 0.3 is 11.8 Å². The van der Waals surface area contributed by atoms with Gasteiger partial charge in [-0.05, 0) is 18.6 Å². The first-order valence-electron chi connectivity index (χ1n) is 5.85. The fraction of sp³-hybridized carbons (Fsp3) is 0.385. The highest BCUT2D eigenvalue weighted by Crippen LogP contribution is 2.14. The van der Waals surface area contributed by atoms with Crippen LogP contribution in [0.1, 0.15) is 12.5 Å². The van der Waals surface area contributed by atoms with Crippen molar-refractivity contribution in [1.29, 1.82) is 0 Å². The van der Waals surface area contributed by atoms with Gasteiger partial charge < -0.3 is 15.4 Å². The first-order valence-corrected chi connectivity index (χ1v) is 6.23. The van der Waals surface area contributed by atoms with Crippen LogP contribution in [0.3, 0.4) is 0 Å². The summed E-state index contributed by atoms with van der Waals surface area (Å²) in [4.78, 5) is 23.1. The maximum Gasteiger partial charge on any atom is 0.309 e. The van der Waals surface area contributed by atoms with Crippen molar-refractivity contribution in [2.75, 3.05) is 13.7 Å². The van der Waals surface area contributed by atoms with Gasteiger partial charge in [0.05, 0.1) is 6.61 Å². The second-order valence-electron chi connectivity index (χ2n) is 4.10. The Morgan fingerprint density at radius 1 is 1.32 bits per heavy atom. The van der Waals surface area contributed by atoms with Crippen LogP contribution in [0.4, 0.5) is 0 Å². The summed E-state index contributed by atoms with van der Waals surface area (Å²) >= 11 is 5.94. The monoisotopic (exact) mass is 284 g/mol. The fourth-order valence-corrected chi connectivity index (χ4v) is 1.68. The molecule has 2 N–H and O–H groups in total. The quantitative estimate of drug-likeness (QED) is 0.796. The van der Waals surface area contributed by atoms with Gasteiger partial charge in [0, 0.05) is 24.7 Å². The molecule has 104 valence electrons. The Morgan fingerprint density at radius 3 is 2.63 bits per heavy atom. The van der Waals surface area contributed by atoms with E-state index < -0.39 is 11.8 Å². The van der Waals surface area contributed by atoms with Crippen LogP contribution in [0, 0.1) is 0 Å². The molecular weight excluding hydrogens is 268 g/mol. The van der Waals surface area contributed by atoms with E-state index in [0.717, 1.165) is 5.56 Å². The van der Waals surface area contributed by atoms with Crippen molar-refractivity contribution in [3.8, 4) is 0 Å². The number of carbonyl (C=O) groups excluding carboxylic acids is 2. The molecule has 5 nitrogen and oxygen atoms in total. The first-order chi connectivity index (χ1) is 9.04. The van der Waals surface area contributed by atoms with Crippen LogP contribution in [0.15, 0.2) is 24.3 Å². The van der Waals surface area contributed by atoms with E-state index in [9.17, 15) is 9.59 Å². The van der Waals surface area contributed by atoms with E-state index in [1.807, 2.05) is 6.07 Å². The summed E-state index contributed by atoms with van der Waals surface area (Å²) < 4.78 is 4.87. The van der Waals surface area contributed by atoms with Crippen LogP contribution < -0.4 is 10.6 Å². The highest BCUT2D eigenvalue weighted by molar-refractivity contribution is 6.35. The Bertz CT molecular complexity index is 451. The maximum atomic E-state index is 11.6. The van der Waals surface area contributed by atoms with E-state index in [2.05, 4.69) is 10.6 Å². The van der Waals surface area contributed by atoms with Gasteiger partial charge in [0.25, 0.3) is 0 Å². The Kier molecular flexibility index (Phi) is 6.32. The van der Waals surface area contributed by atoms with Crippen molar-refractivity contribution in [1.82, 2.24) is 10.6 Å². The van der Waals surface area contributed by atoms with Crippen LogP contribution in [-0.4, -0.2) is 31.6 Å². The smallest absolute Gasteiger partial charge is 0.309 e. The molecule has 0 saturated heterocycles. The molecule has 0 heterocycles. The predicted octanol–water partition coefficient (Wildman–Crippen LogP) is 1.11. The number of nitrogens with one attached hydrogen (secondary N) is 2. The molecule has 0 aromatic heterocycles. The van der Waals surface area contributed by atoms with Crippen LogP contribution in [0.2, 0.25) is 5.02 Å². The summed E-state index contributed by atoms with van der Waals surface area (Å²) in [6, 6.07) is 6.90. The van der Waals surface area contributed by atoms with Gasteiger partial charge in [-0.2, -0.15) is 0 Å². The number of ether oxygens (including phenoxy) is 1. The fourth-order valence-electron chi connectivity index (χ4n) is 1.48. The molecule has 0 aliphatic carbocycles. The minimum Gasteiger partial charge on any atom is -0.383 e. The van der Waals surface area contributed by atoms with Crippen molar-refractivity contribution in [2.45, 2.75) is 19.5 Å². The number of hydrogen-bond acceptors (Lipinski definition) is 3. The number of carbonyl (C=O) groups is 2. The minimum absolute atomic E-state index is 0.213. The Hall–Kier alpha value is -1.59. The molecular formula is C13H17ClN2O3. The van der Waals surface area contributed by atoms with Crippen molar-refractivity contribution >= 4 is 23.4 Å². The molecule has 1 rings (SSSR count). The summed E-state index contributed by atoms with van der Waals surface area (Å²) in [6.45, 7) is 2.32. The zero-order chi connectivity index (χ0) is 14.3. The summed E-state index contributed by atoms with van der Waals surface area (Å²) in [6.07, 6.45) is 0. The average molecular weight is 285 g/mol. The zero-order valence-electron chi connectivity index (χ0n) is 10.9. The Balaban J connectivity index is 2.43. The molecule has 0 spiro atoms. The van der Waals surface area contributed by atoms with E-state index >= 15 is 0 Å². The molecule has 0 fully saturated rings. The molecule has 0 aliphatic heterocycles. The molecule has 1 atom stereocenters. The number of benzene rings is 1. The second-order valence-corrected chi connectivity index (χ2v) is 4.51. The molecule has 0 bridgehead atoms. The topological polar surface area (TPSA) is 67.4 Å². The minimum atomic E-state index is -0.692. The van der Waals surface area contributed by atoms with E-state index in [4.69, 9.17) is 16.3 Å².